The molecule has 2 aliphatic rings. The Morgan fingerprint density at radius 3 is 2.88 bits per heavy atom. The van der Waals surface area contributed by atoms with Crippen molar-refractivity contribution in [3.8, 4) is 11.8 Å². The first-order valence-corrected chi connectivity index (χ1v) is 9.20. The fourth-order valence-corrected chi connectivity index (χ4v) is 4.76. The van der Waals surface area contributed by atoms with Gasteiger partial charge in [-0.05, 0) is 54.2 Å². The first-order valence-electron chi connectivity index (χ1n) is 9.20. The molecule has 0 bridgehead atoms. The van der Waals surface area contributed by atoms with Gasteiger partial charge in [0.05, 0.1) is 24.3 Å². The van der Waals surface area contributed by atoms with Crippen LogP contribution in [0.15, 0.2) is 48.5 Å². The second-order valence-electron chi connectivity index (χ2n) is 7.57. The van der Waals surface area contributed by atoms with Gasteiger partial charge in [0.25, 0.3) is 0 Å². The van der Waals surface area contributed by atoms with Crippen LogP contribution in [0.3, 0.4) is 0 Å². The van der Waals surface area contributed by atoms with E-state index < -0.39 is 5.60 Å². The largest absolute Gasteiger partial charge is 0.497 e. The molecule has 1 aliphatic carbocycles. The number of methoxy groups -OCH3 is 1. The molecule has 2 aromatic carbocycles. The topological polar surface area (TPSA) is 56.5 Å². The molecule has 1 saturated heterocycles. The maximum Gasteiger partial charge on any atom is 0.119 e. The van der Waals surface area contributed by atoms with Crippen molar-refractivity contribution in [1.82, 2.24) is 4.90 Å². The van der Waals surface area contributed by atoms with Crippen LogP contribution in [0.2, 0.25) is 0 Å². The highest BCUT2D eigenvalue weighted by atomic mass is 16.5. The summed E-state index contributed by atoms with van der Waals surface area (Å²) in [5, 5.41) is 20.6. The number of aliphatic hydroxyl groups is 1. The van der Waals surface area contributed by atoms with E-state index in [4.69, 9.17) is 10.00 Å². The fraction of sp³-hybridized carbons (Fsp3) is 0.409. The highest BCUT2D eigenvalue weighted by Crippen LogP contribution is 2.51. The molecule has 4 rings (SSSR count). The summed E-state index contributed by atoms with van der Waals surface area (Å²) in [6.07, 6.45) is 1.86. The van der Waals surface area contributed by atoms with Gasteiger partial charge >= 0.3 is 0 Å². The third-order valence-corrected chi connectivity index (χ3v) is 6.06. The number of hydrogen-bond acceptors (Lipinski definition) is 4. The summed E-state index contributed by atoms with van der Waals surface area (Å²) in [5.74, 6) is 1.56. The van der Waals surface area contributed by atoms with E-state index in [-0.39, 0.29) is 5.92 Å². The van der Waals surface area contributed by atoms with Crippen molar-refractivity contribution in [3.05, 3.63) is 65.2 Å². The lowest BCUT2D eigenvalue weighted by Gasteiger charge is -2.31. The van der Waals surface area contributed by atoms with Crippen molar-refractivity contribution in [3.63, 3.8) is 0 Å². The maximum atomic E-state index is 11.5. The Hall–Kier alpha value is -2.35. The summed E-state index contributed by atoms with van der Waals surface area (Å²) in [6.45, 7) is 2.72. The van der Waals surface area contributed by atoms with Crippen molar-refractivity contribution in [2.75, 3.05) is 20.2 Å². The zero-order chi connectivity index (χ0) is 18.1. The van der Waals surface area contributed by atoms with Gasteiger partial charge in [0, 0.05) is 25.6 Å². The molecule has 134 valence electrons. The zero-order valence-corrected chi connectivity index (χ0v) is 15.1. The van der Waals surface area contributed by atoms with Crippen molar-refractivity contribution in [2.45, 2.75) is 25.0 Å². The molecule has 4 heteroatoms. The van der Waals surface area contributed by atoms with E-state index >= 15 is 0 Å². The molecule has 0 aromatic heterocycles. The molecule has 1 heterocycles. The maximum absolute atomic E-state index is 11.5. The summed E-state index contributed by atoms with van der Waals surface area (Å²) in [6, 6.07) is 17.9. The van der Waals surface area contributed by atoms with Crippen LogP contribution in [0.5, 0.6) is 5.75 Å². The summed E-state index contributed by atoms with van der Waals surface area (Å²) >= 11 is 0. The molecule has 4 nitrogen and oxygen atoms in total. The summed E-state index contributed by atoms with van der Waals surface area (Å²) in [7, 11) is 1.66. The Kier molecular flexibility index (Phi) is 4.44. The molecule has 2 fully saturated rings. The molecule has 1 saturated carbocycles. The first-order chi connectivity index (χ1) is 12.6. The van der Waals surface area contributed by atoms with E-state index in [2.05, 4.69) is 17.0 Å². The number of hydrogen-bond donors (Lipinski definition) is 1. The predicted octanol–water partition coefficient (Wildman–Crippen LogP) is 3.30. The monoisotopic (exact) mass is 348 g/mol. The van der Waals surface area contributed by atoms with Crippen LogP contribution in [0.25, 0.3) is 0 Å². The molecule has 26 heavy (non-hydrogen) atoms. The van der Waals surface area contributed by atoms with E-state index in [1.165, 1.54) is 0 Å². The number of rotatable bonds is 4. The van der Waals surface area contributed by atoms with E-state index in [0.717, 1.165) is 49.4 Å². The van der Waals surface area contributed by atoms with Gasteiger partial charge in [0.2, 0.25) is 0 Å². The van der Waals surface area contributed by atoms with Crippen molar-refractivity contribution in [2.24, 2.45) is 11.8 Å². The highest BCUT2D eigenvalue weighted by Gasteiger charge is 2.52. The lowest BCUT2D eigenvalue weighted by molar-refractivity contribution is -0.00699. The Labute approximate surface area is 154 Å². The fourth-order valence-electron chi connectivity index (χ4n) is 4.76. The van der Waals surface area contributed by atoms with Gasteiger partial charge in [-0.25, -0.2) is 0 Å². The van der Waals surface area contributed by atoms with Gasteiger partial charge in [0.15, 0.2) is 0 Å². The number of nitriles is 1. The Balaban J connectivity index is 1.52. The van der Waals surface area contributed by atoms with Crippen LogP contribution < -0.4 is 4.74 Å². The quantitative estimate of drug-likeness (QED) is 0.921. The normalized spacial score (nSPS) is 27.9. The molecule has 0 spiro atoms. The molecule has 3 atom stereocenters. The van der Waals surface area contributed by atoms with Crippen molar-refractivity contribution < 1.29 is 9.84 Å². The Morgan fingerprint density at radius 1 is 1.23 bits per heavy atom. The van der Waals surface area contributed by atoms with Gasteiger partial charge in [-0.2, -0.15) is 5.26 Å². The zero-order valence-electron chi connectivity index (χ0n) is 15.1. The van der Waals surface area contributed by atoms with Gasteiger partial charge < -0.3 is 9.84 Å². The summed E-state index contributed by atoms with van der Waals surface area (Å²) < 4.78 is 5.34. The van der Waals surface area contributed by atoms with Gasteiger partial charge in [-0.3, -0.25) is 4.90 Å². The number of likely N-dealkylation sites (tertiary alicyclic amines) is 1. The minimum Gasteiger partial charge on any atom is -0.497 e. The van der Waals surface area contributed by atoms with E-state index in [0.29, 0.717) is 11.5 Å². The Morgan fingerprint density at radius 2 is 2.08 bits per heavy atom. The molecular formula is C22H24N2O2. The van der Waals surface area contributed by atoms with Gasteiger partial charge in [-0.1, -0.05) is 24.3 Å². The lowest BCUT2D eigenvalue weighted by Crippen LogP contribution is -2.34. The first kappa shape index (κ1) is 17.1. The highest BCUT2D eigenvalue weighted by molar-refractivity contribution is 5.35. The summed E-state index contributed by atoms with van der Waals surface area (Å²) in [5.41, 5.74) is 2.06. The second kappa shape index (κ2) is 6.75. The standard InChI is InChI=1S/C22H24N2O2/c1-26-20-7-3-6-19(11-20)22(25)9-8-18-14-24(15-21(18)22)13-17-5-2-4-16(10-17)12-23/h2-7,10-11,18,21,25H,8-9,13-15H2,1H3. The second-order valence-corrected chi connectivity index (χ2v) is 7.57. The third kappa shape index (κ3) is 2.98. The third-order valence-electron chi connectivity index (χ3n) is 6.06. The van der Waals surface area contributed by atoms with E-state index in [9.17, 15) is 5.11 Å². The van der Waals surface area contributed by atoms with Crippen LogP contribution in [0.1, 0.15) is 29.5 Å². The van der Waals surface area contributed by atoms with Crippen LogP contribution >= 0.6 is 0 Å². The molecule has 0 radical (unpaired) electrons. The van der Waals surface area contributed by atoms with Crippen molar-refractivity contribution in [1.29, 1.82) is 5.26 Å². The predicted molar refractivity (Wildman–Crippen MR) is 99.5 cm³/mol. The average Bonchev–Trinajstić information content (AvgIpc) is 3.22. The molecular weight excluding hydrogens is 324 g/mol. The van der Waals surface area contributed by atoms with Crippen LogP contribution in [0, 0.1) is 23.2 Å². The number of ether oxygens (including phenoxy) is 1. The molecule has 1 aliphatic heterocycles. The molecule has 0 amide bonds. The smallest absolute Gasteiger partial charge is 0.119 e. The summed E-state index contributed by atoms with van der Waals surface area (Å²) in [4.78, 5) is 2.41. The minimum atomic E-state index is -0.775. The van der Waals surface area contributed by atoms with E-state index in [1.54, 1.807) is 7.11 Å². The number of nitrogens with zero attached hydrogens (tertiary/aromatic N) is 2. The van der Waals surface area contributed by atoms with Crippen LogP contribution in [0.4, 0.5) is 0 Å². The number of fused-ring (bicyclic) bond motifs is 1. The number of benzene rings is 2. The van der Waals surface area contributed by atoms with Crippen LogP contribution in [-0.4, -0.2) is 30.2 Å². The average molecular weight is 348 g/mol. The molecule has 1 N–H and O–H groups in total. The molecule has 2 aromatic rings. The lowest BCUT2D eigenvalue weighted by atomic mass is 9.82. The van der Waals surface area contributed by atoms with E-state index in [1.807, 2.05) is 42.5 Å². The van der Waals surface area contributed by atoms with Crippen molar-refractivity contribution >= 4 is 0 Å². The van der Waals surface area contributed by atoms with Gasteiger partial charge in [-0.15, -0.1) is 0 Å². The Bertz CT molecular complexity index is 844. The van der Waals surface area contributed by atoms with Gasteiger partial charge in [0.1, 0.15) is 5.75 Å². The SMILES string of the molecule is COc1cccc(C2(O)CCC3CN(Cc4cccc(C#N)c4)CC32)c1. The molecule has 3 unspecified atom stereocenters. The minimum absolute atomic E-state index is 0.244. The van der Waals surface area contributed by atoms with Crippen LogP contribution in [-0.2, 0) is 12.1 Å².